The van der Waals surface area contributed by atoms with Gasteiger partial charge >= 0.3 is 0 Å². The van der Waals surface area contributed by atoms with E-state index in [1.165, 1.54) is 16.7 Å². The predicted molar refractivity (Wildman–Crippen MR) is 147 cm³/mol. The van der Waals surface area contributed by atoms with Gasteiger partial charge in [0.2, 0.25) is 0 Å². The quantitative estimate of drug-likeness (QED) is 0.337. The Hall–Kier alpha value is -2.74. The van der Waals surface area contributed by atoms with E-state index in [4.69, 9.17) is 0 Å². The number of hydrogen-bond acceptors (Lipinski definition) is 2. The number of aromatic nitrogens is 1. The van der Waals surface area contributed by atoms with Crippen molar-refractivity contribution in [2.75, 3.05) is 0 Å². The summed E-state index contributed by atoms with van der Waals surface area (Å²) in [5, 5.41) is 0. The number of carbonyl (C=O) groups is 1. The van der Waals surface area contributed by atoms with Gasteiger partial charge in [-0.15, -0.1) is 6.58 Å². The highest BCUT2D eigenvalue weighted by molar-refractivity contribution is 5.98. The van der Waals surface area contributed by atoms with Crippen LogP contribution in [0.3, 0.4) is 0 Å². The summed E-state index contributed by atoms with van der Waals surface area (Å²) in [7, 11) is 0. The van der Waals surface area contributed by atoms with Gasteiger partial charge in [0, 0.05) is 18.0 Å². The number of ketones is 1. The number of benzene rings is 1. The SMILES string of the molecule is C=C(C)c1ccccc1C(C)=O.C=CCC(=C(C)C)c1cccnc1.CC(C)(C)C(C)(C)C. The highest BCUT2D eigenvalue weighted by Crippen LogP contribution is 2.36. The minimum Gasteiger partial charge on any atom is -0.294 e. The molecule has 0 fully saturated rings. The topological polar surface area (TPSA) is 30.0 Å². The van der Waals surface area contributed by atoms with Gasteiger partial charge in [0.15, 0.2) is 5.78 Å². The van der Waals surface area contributed by atoms with Crippen molar-refractivity contribution in [3.63, 3.8) is 0 Å². The van der Waals surface area contributed by atoms with Crippen molar-refractivity contribution in [3.8, 4) is 0 Å². The Morgan fingerprint density at radius 1 is 0.879 bits per heavy atom. The molecule has 180 valence electrons. The molecule has 0 saturated carbocycles. The fraction of sp³-hybridized carbons (Fsp3) is 0.419. The van der Waals surface area contributed by atoms with Crippen molar-refractivity contribution in [2.45, 2.75) is 75.7 Å². The fourth-order valence-corrected chi connectivity index (χ4v) is 2.46. The average Bonchev–Trinajstić information content (AvgIpc) is 2.72. The van der Waals surface area contributed by atoms with E-state index in [-0.39, 0.29) is 5.78 Å². The summed E-state index contributed by atoms with van der Waals surface area (Å²) in [5.41, 5.74) is 7.36. The lowest BCUT2D eigenvalue weighted by molar-refractivity contribution is 0.101. The number of Topliss-reactive ketones (excluding diaryl/α,β-unsaturated/α-hetero) is 1. The van der Waals surface area contributed by atoms with Gasteiger partial charge < -0.3 is 0 Å². The summed E-state index contributed by atoms with van der Waals surface area (Å²) in [6, 6.07) is 11.6. The molecule has 2 nitrogen and oxygen atoms in total. The Morgan fingerprint density at radius 2 is 1.39 bits per heavy atom. The molecular weight excluding hydrogens is 402 g/mol. The summed E-state index contributed by atoms with van der Waals surface area (Å²) >= 11 is 0. The number of nitrogens with zero attached hydrogens (tertiary/aromatic N) is 1. The summed E-state index contributed by atoms with van der Waals surface area (Å²) in [5.74, 6) is 0.0913. The van der Waals surface area contributed by atoms with Crippen molar-refractivity contribution in [2.24, 2.45) is 10.8 Å². The number of rotatable bonds is 5. The summed E-state index contributed by atoms with van der Waals surface area (Å²) in [6.45, 7) is 28.9. The maximum Gasteiger partial charge on any atom is 0.160 e. The van der Waals surface area contributed by atoms with Gasteiger partial charge in [0.25, 0.3) is 0 Å². The third-order valence-corrected chi connectivity index (χ3v) is 5.98. The van der Waals surface area contributed by atoms with Crippen LogP contribution in [0.1, 0.15) is 97.1 Å². The minimum atomic E-state index is 0.0913. The molecule has 0 N–H and O–H groups in total. The molecule has 0 radical (unpaired) electrons. The lowest BCUT2D eigenvalue weighted by Crippen LogP contribution is -2.25. The predicted octanol–water partition coefficient (Wildman–Crippen LogP) is 9.45. The molecule has 2 aromatic rings. The molecule has 0 aliphatic heterocycles. The first-order chi connectivity index (χ1) is 15.1. The van der Waals surface area contributed by atoms with Crippen molar-refractivity contribution in [3.05, 3.63) is 90.3 Å². The first kappa shape index (κ1) is 30.3. The van der Waals surface area contributed by atoms with Gasteiger partial charge in [-0.1, -0.05) is 95.7 Å². The third kappa shape index (κ3) is 11.1. The van der Waals surface area contributed by atoms with E-state index in [0.717, 1.165) is 23.1 Å². The Kier molecular flexibility index (Phi) is 12.6. The van der Waals surface area contributed by atoms with E-state index in [9.17, 15) is 4.79 Å². The van der Waals surface area contributed by atoms with E-state index in [1.54, 1.807) is 13.1 Å². The van der Waals surface area contributed by atoms with Crippen molar-refractivity contribution in [1.82, 2.24) is 4.98 Å². The van der Waals surface area contributed by atoms with Crippen LogP contribution >= 0.6 is 0 Å². The molecular formula is C31H45NO. The number of carbonyl (C=O) groups excluding carboxylic acids is 1. The molecule has 0 spiro atoms. The highest BCUT2D eigenvalue weighted by Gasteiger charge is 2.26. The Labute approximate surface area is 203 Å². The van der Waals surface area contributed by atoms with Crippen LogP contribution in [0.2, 0.25) is 0 Å². The minimum absolute atomic E-state index is 0.0913. The maximum atomic E-state index is 11.1. The van der Waals surface area contributed by atoms with Gasteiger partial charge in [0.05, 0.1) is 0 Å². The van der Waals surface area contributed by atoms with Gasteiger partial charge in [-0.2, -0.15) is 0 Å². The molecule has 2 heteroatoms. The van der Waals surface area contributed by atoms with Gasteiger partial charge in [0.1, 0.15) is 0 Å². The smallest absolute Gasteiger partial charge is 0.160 e. The zero-order valence-electron chi connectivity index (χ0n) is 22.7. The third-order valence-electron chi connectivity index (χ3n) is 5.98. The maximum absolute atomic E-state index is 11.1. The van der Waals surface area contributed by atoms with Crippen LogP contribution in [0.15, 0.2) is 73.6 Å². The average molecular weight is 448 g/mol. The molecule has 0 aliphatic carbocycles. The largest absolute Gasteiger partial charge is 0.294 e. The zero-order chi connectivity index (χ0) is 25.8. The van der Waals surface area contributed by atoms with Crippen molar-refractivity contribution >= 4 is 16.9 Å². The second kappa shape index (κ2) is 13.7. The number of allylic oxidation sites excluding steroid dienone is 4. The number of hydrogen-bond donors (Lipinski definition) is 0. The number of pyridine rings is 1. The molecule has 1 aromatic carbocycles. The molecule has 0 bridgehead atoms. The molecule has 33 heavy (non-hydrogen) atoms. The molecule has 0 amide bonds. The van der Waals surface area contributed by atoms with Crippen molar-refractivity contribution in [1.29, 1.82) is 0 Å². The van der Waals surface area contributed by atoms with E-state index in [1.807, 2.05) is 49.5 Å². The molecule has 0 unspecified atom stereocenters. The molecule has 1 heterocycles. The van der Waals surface area contributed by atoms with Crippen LogP contribution in [-0.2, 0) is 0 Å². The molecule has 0 saturated heterocycles. The van der Waals surface area contributed by atoms with E-state index < -0.39 is 0 Å². The molecule has 2 rings (SSSR count). The fourth-order valence-electron chi connectivity index (χ4n) is 2.46. The molecule has 1 aromatic heterocycles. The lowest BCUT2D eigenvalue weighted by Gasteiger charge is -2.34. The van der Waals surface area contributed by atoms with Crippen LogP contribution in [0, 0.1) is 10.8 Å². The van der Waals surface area contributed by atoms with Crippen LogP contribution < -0.4 is 0 Å². The van der Waals surface area contributed by atoms with Crippen LogP contribution in [0.4, 0.5) is 0 Å². The van der Waals surface area contributed by atoms with Crippen LogP contribution in [0.5, 0.6) is 0 Å². The van der Waals surface area contributed by atoms with Gasteiger partial charge in [-0.25, -0.2) is 0 Å². The second-order valence-corrected chi connectivity index (χ2v) is 10.6. The lowest BCUT2D eigenvalue weighted by atomic mass is 9.71. The molecule has 0 atom stereocenters. The second-order valence-electron chi connectivity index (χ2n) is 10.6. The Morgan fingerprint density at radius 3 is 1.70 bits per heavy atom. The monoisotopic (exact) mass is 447 g/mol. The summed E-state index contributed by atoms with van der Waals surface area (Å²) in [4.78, 5) is 15.2. The first-order valence-electron chi connectivity index (χ1n) is 11.6. The first-order valence-corrected chi connectivity index (χ1v) is 11.6. The highest BCUT2D eigenvalue weighted by atomic mass is 16.1. The van der Waals surface area contributed by atoms with Gasteiger partial charge in [-0.05, 0) is 67.7 Å². The Balaban J connectivity index is 0.000000480. The molecule has 0 aliphatic rings. The summed E-state index contributed by atoms with van der Waals surface area (Å²) < 4.78 is 0. The standard InChI is InChI=1S/C12H15N.C11H12O.C8H18/c1-4-6-12(10(2)3)11-7-5-8-13-9-11;1-8(2)10-6-4-5-7-11(10)9(3)12;1-7(2,3)8(4,5)6/h4-5,7-9H,1,6H2,2-3H3;4-7H,1H2,2-3H3;1-6H3. The van der Waals surface area contributed by atoms with E-state index in [0.29, 0.717) is 10.8 Å². The van der Waals surface area contributed by atoms with Crippen LogP contribution in [-0.4, -0.2) is 10.8 Å². The zero-order valence-corrected chi connectivity index (χ0v) is 22.7. The van der Waals surface area contributed by atoms with Crippen LogP contribution in [0.25, 0.3) is 11.1 Å². The normalized spacial score (nSPS) is 10.6. The van der Waals surface area contributed by atoms with Crippen molar-refractivity contribution < 1.29 is 4.79 Å². The summed E-state index contributed by atoms with van der Waals surface area (Å²) in [6.07, 6.45) is 6.52. The Bertz CT molecular complexity index is 886. The van der Waals surface area contributed by atoms with E-state index in [2.05, 4.69) is 79.6 Å². The van der Waals surface area contributed by atoms with E-state index >= 15 is 0 Å². The van der Waals surface area contributed by atoms with Gasteiger partial charge in [-0.3, -0.25) is 9.78 Å².